The minimum absolute atomic E-state index is 0.0946. The van der Waals surface area contributed by atoms with Crippen molar-refractivity contribution in [1.82, 2.24) is 20.0 Å². The highest BCUT2D eigenvalue weighted by atomic mass is 16.5. The van der Waals surface area contributed by atoms with E-state index in [1.54, 1.807) is 22.9 Å². The summed E-state index contributed by atoms with van der Waals surface area (Å²) in [6.07, 6.45) is 4.16. The summed E-state index contributed by atoms with van der Waals surface area (Å²) < 4.78 is 12.4. The third-order valence-electron chi connectivity index (χ3n) is 4.22. The molecular formula is C18H24N4O3. The zero-order chi connectivity index (χ0) is 17.6. The standard InChI is InChI=1S/C18H24N4O3/c1-21(18(23)8-15-13-25-7-6-19-15)11-14-10-20-22(12-14)16-4-3-5-17(9-16)24-2/h3-5,9-10,12,15,19H,6-8,11,13H2,1-2H3. The first kappa shape index (κ1) is 17.4. The van der Waals surface area contributed by atoms with Gasteiger partial charge in [-0.3, -0.25) is 4.79 Å². The molecule has 0 bridgehead atoms. The van der Waals surface area contributed by atoms with Crippen molar-refractivity contribution in [3.8, 4) is 11.4 Å². The highest BCUT2D eigenvalue weighted by Gasteiger charge is 2.19. The normalized spacial score (nSPS) is 17.3. The molecule has 1 amide bonds. The first-order valence-electron chi connectivity index (χ1n) is 8.39. The Kier molecular flexibility index (Phi) is 5.67. The maximum absolute atomic E-state index is 12.4. The van der Waals surface area contributed by atoms with Crippen molar-refractivity contribution >= 4 is 5.91 Å². The summed E-state index contributed by atoms with van der Waals surface area (Å²) in [6.45, 7) is 2.63. The van der Waals surface area contributed by atoms with Crippen LogP contribution in [-0.2, 0) is 16.1 Å². The van der Waals surface area contributed by atoms with Crippen LogP contribution in [-0.4, -0.2) is 60.5 Å². The maximum atomic E-state index is 12.4. The van der Waals surface area contributed by atoms with E-state index in [1.807, 2.05) is 37.5 Å². The van der Waals surface area contributed by atoms with Crippen molar-refractivity contribution < 1.29 is 14.3 Å². The van der Waals surface area contributed by atoms with Gasteiger partial charge in [0.15, 0.2) is 0 Å². The van der Waals surface area contributed by atoms with Crippen LogP contribution in [0.2, 0.25) is 0 Å². The number of nitrogens with zero attached hydrogens (tertiary/aromatic N) is 3. The van der Waals surface area contributed by atoms with Crippen LogP contribution in [0.5, 0.6) is 5.75 Å². The van der Waals surface area contributed by atoms with Gasteiger partial charge in [0.2, 0.25) is 5.91 Å². The predicted octanol–water partition coefficient (Wildman–Crippen LogP) is 1.22. The van der Waals surface area contributed by atoms with E-state index in [1.165, 1.54) is 0 Å². The number of methoxy groups -OCH3 is 1. The molecule has 0 saturated carbocycles. The minimum atomic E-state index is 0.0946. The number of nitrogens with one attached hydrogen (secondary N) is 1. The van der Waals surface area contributed by atoms with Crippen LogP contribution in [0.4, 0.5) is 0 Å². The van der Waals surface area contributed by atoms with E-state index in [0.29, 0.717) is 26.2 Å². The average molecular weight is 344 g/mol. The van der Waals surface area contributed by atoms with Gasteiger partial charge in [0.25, 0.3) is 0 Å². The molecule has 2 aromatic rings. The van der Waals surface area contributed by atoms with Crippen molar-refractivity contribution in [3.05, 3.63) is 42.2 Å². The zero-order valence-electron chi connectivity index (χ0n) is 14.6. The molecule has 134 valence electrons. The van der Waals surface area contributed by atoms with Crippen molar-refractivity contribution in [3.63, 3.8) is 0 Å². The molecule has 1 unspecified atom stereocenters. The fourth-order valence-corrected chi connectivity index (χ4v) is 2.82. The van der Waals surface area contributed by atoms with Crippen LogP contribution < -0.4 is 10.1 Å². The summed E-state index contributed by atoms with van der Waals surface area (Å²) in [5.74, 6) is 0.876. The van der Waals surface area contributed by atoms with Crippen molar-refractivity contribution in [2.45, 2.75) is 19.0 Å². The molecule has 2 heterocycles. The second-order valence-electron chi connectivity index (χ2n) is 6.17. The fraction of sp³-hybridized carbons (Fsp3) is 0.444. The lowest BCUT2D eigenvalue weighted by molar-refractivity contribution is -0.131. The lowest BCUT2D eigenvalue weighted by Gasteiger charge is -2.25. The van der Waals surface area contributed by atoms with Crippen LogP contribution in [0.1, 0.15) is 12.0 Å². The fourth-order valence-electron chi connectivity index (χ4n) is 2.82. The van der Waals surface area contributed by atoms with Gasteiger partial charge in [-0.2, -0.15) is 5.10 Å². The molecule has 7 nitrogen and oxygen atoms in total. The lowest BCUT2D eigenvalue weighted by atomic mass is 10.2. The van der Waals surface area contributed by atoms with Crippen molar-refractivity contribution in [2.75, 3.05) is 33.9 Å². The quantitative estimate of drug-likeness (QED) is 0.853. The summed E-state index contributed by atoms with van der Waals surface area (Å²) in [7, 11) is 3.45. The molecule has 1 saturated heterocycles. The topological polar surface area (TPSA) is 68.6 Å². The van der Waals surface area contributed by atoms with E-state index < -0.39 is 0 Å². The predicted molar refractivity (Wildman–Crippen MR) is 93.8 cm³/mol. The third kappa shape index (κ3) is 4.58. The van der Waals surface area contributed by atoms with E-state index >= 15 is 0 Å². The molecule has 3 rings (SSSR count). The van der Waals surface area contributed by atoms with Crippen LogP contribution in [0.3, 0.4) is 0 Å². The molecular weight excluding hydrogens is 320 g/mol. The van der Waals surface area contributed by atoms with E-state index in [0.717, 1.165) is 23.5 Å². The molecule has 0 spiro atoms. The Morgan fingerprint density at radius 3 is 3.16 bits per heavy atom. The van der Waals surface area contributed by atoms with Gasteiger partial charge in [0.05, 0.1) is 32.2 Å². The van der Waals surface area contributed by atoms with Gasteiger partial charge in [0, 0.05) is 50.4 Å². The Hall–Kier alpha value is -2.38. The Morgan fingerprint density at radius 2 is 2.40 bits per heavy atom. The van der Waals surface area contributed by atoms with E-state index in [2.05, 4.69) is 10.4 Å². The van der Waals surface area contributed by atoms with Crippen molar-refractivity contribution in [1.29, 1.82) is 0 Å². The number of morpholine rings is 1. The SMILES string of the molecule is COc1cccc(-n2cc(CN(C)C(=O)CC3COCCN3)cn2)c1. The molecule has 1 atom stereocenters. The lowest BCUT2D eigenvalue weighted by Crippen LogP contribution is -2.44. The smallest absolute Gasteiger partial charge is 0.224 e. The van der Waals surface area contributed by atoms with E-state index in [-0.39, 0.29) is 11.9 Å². The van der Waals surface area contributed by atoms with Gasteiger partial charge in [0.1, 0.15) is 5.75 Å². The number of amides is 1. The molecule has 25 heavy (non-hydrogen) atoms. The van der Waals surface area contributed by atoms with Gasteiger partial charge < -0.3 is 19.7 Å². The van der Waals surface area contributed by atoms with E-state index in [4.69, 9.17) is 9.47 Å². The first-order chi connectivity index (χ1) is 12.2. The maximum Gasteiger partial charge on any atom is 0.224 e. The highest BCUT2D eigenvalue weighted by Crippen LogP contribution is 2.16. The Morgan fingerprint density at radius 1 is 1.52 bits per heavy atom. The number of ether oxygens (including phenoxy) is 2. The molecule has 1 fully saturated rings. The summed E-state index contributed by atoms with van der Waals surface area (Å²) in [5.41, 5.74) is 1.90. The van der Waals surface area contributed by atoms with E-state index in [9.17, 15) is 4.79 Å². The summed E-state index contributed by atoms with van der Waals surface area (Å²) >= 11 is 0. The number of benzene rings is 1. The number of carbonyl (C=O) groups is 1. The summed E-state index contributed by atoms with van der Waals surface area (Å²) in [4.78, 5) is 14.1. The van der Waals surface area contributed by atoms with Gasteiger partial charge in [-0.05, 0) is 12.1 Å². The van der Waals surface area contributed by atoms with Gasteiger partial charge in [-0.15, -0.1) is 0 Å². The molecule has 0 aliphatic carbocycles. The minimum Gasteiger partial charge on any atom is -0.497 e. The Labute approximate surface area is 147 Å². The summed E-state index contributed by atoms with van der Waals surface area (Å²) in [5, 5.41) is 7.69. The number of hydrogen-bond donors (Lipinski definition) is 1. The second-order valence-corrected chi connectivity index (χ2v) is 6.17. The number of hydrogen-bond acceptors (Lipinski definition) is 5. The van der Waals surface area contributed by atoms with Gasteiger partial charge in [-0.1, -0.05) is 6.07 Å². The van der Waals surface area contributed by atoms with Crippen molar-refractivity contribution in [2.24, 2.45) is 0 Å². The molecule has 1 aliphatic heterocycles. The molecule has 1 aliphatic rings. The summed E-state index contributed by atoms with van der Waals surface area (Å²) in [6, 6.07) is 7.79. The average Bonchev–Trinajstić information content (AvgIpc) is 3.11. The second kappa shape index (κ2) is 8.13. The number of rotatable bonds is 6. The number of carbonyl (C=O) groups excluding carboxylic acids is 1. The zero-order valence-corrected chi connectivity index (χ0v) is 14.6. The van der Waals surface area contributed by atoms with Crippen LogP contribution in [0.25, 0.3) is 5.69 Å². The molecule has 1 aromatic carbocycles. The highest BCUT2D eigenvalue weighted by molar-refractivity contribution is 5.76. The van der Waals surface area contributed by atoms with Gasteiger partial charge >= 0.3 is 0 Å². The van der Waals surface area contributed by atoms with Crippen LogP contribution in [0.15, 0.2) is 36.7 Å². The largest absolute Gasteiger partial charge is 0.497 e. The van der Waals surface area contributed by atoms with Crippen LogP contribution in [0, 0.1) is 0 Å². The number of aromatic nitrogens is 2. The molecule has 1 aromatic heterocycles. The third-order valence-corrected chi connectivity index (χ3v) is 4.22. The molecule has 0 radical (unpaired) electrons. The Bertz CT molecular complexity index is 710. The molecule has 1 N–H and O–H groups in total. The van der Waals surface area contributed by atoms with Gasteiger partial charge in [-0.25, -0.2) is 4.68 Å². The Balaban J connectivity index is 1.59. The monoisotopic (exact) mass is 344 g/mol. The molecule has 7 heteroatoms. The van der Waals surface area contributed by atoms with Crippen LogP contribution >= 0.6 is 0 Å². The first-order valence-corrected chi connectivity index (χ1v) is 8.39.